The molecule has 0 aliphatic carbocycles. The minimum Gasteiger partial charge on any atom is -0.444 e. The quantitative estimate of drug-likeness (QED) is 0.837. The first kappa shape index (κ1) is 18.2. The first-order valence-electron chi connectivity index (χ1n) is 8.08. The van der Waals surface area contributed by atoms with E-state index in [2.05, 4.69) is 5.32 Å². The van der Waals surface area contributed by atoms with E-state index < -0.39 is 5.60 Å². The molecule has 1 aliphatic heterocycles. The minimum atomic E-state index is -0.442. The Morgan fingerprint density at radius 1 is 1.33 bits per heavy atom. The van der Waals surface area contributed by atoms with Gasteiger partial charge in [-0.15, -0.1) is 0 Å². The summed E-state index contributed by atoms with van der Waals surface area (Å²) in [4.78, 5) is 13.9. The van der Waals surface area contributed by atoms with Crippen LogP contribution in [0, 0.1) is 5.92 Å². The highest BCUT2D eigenvalue weighted by Crippen LogP contribution is 2.15. The molecule has 2 unspecified atom stereocenters. The predicted octanol–water partition coefficient (Wildman–Crippen LogP) is 2.38. The van der Waals surface area contributed by atoms with E-state index in [4.69, 9.17) is 4.74 Å². The molecule has 1 aliphatic rings. The molecule has 0 spiro atoms. The van der Waals surface area contributed by atoms with Gasteiger partial charge in [-0.3, -0.25) is 0 Å². The summed E-state index contributed by atoms with van der Waals surface area (Å²) in [6.45, 7) is 11.8. The van der Waals surface area contributed by atoms with E-state index in [1.165, 1.54) is 0 Å². The van der Waals surface area contributed by atoms with Crippen LogP contribution >= 0.6 is 0 Å². The van der Waals surface area contributed by atoms with E-state index >= 15 is 0 Å². The normalized spacial score (nSPS) is 22.0. The van der Waals surface area contributed by atoms with Crippen LogP contribution in [0.4, 0.5) is 4.79 Å². The molecule has 0 aromatic carbocycles. The van der Waals surface area contributed by atoms with Crippen LogP contribution in [-0.2, 0) is 4.74 Å². The Balaban J connectivity index is 2.38. The van der Waals surface area contributed by atoms with Gasteiger partial charge in [-0.05, 0) is 46.0 Å². The van der Waals surface area contributed by atoms with Crippen molar-refractivity contribution in [2.75, 3.05) is 19.6 Å². The Bertz CT molecular complexity index is 326. The zero-order chi connectivity index (χ0) is 16.0. The molecule has 1 rings (SSSR count). The van der Waals surface area contributed by atoms with Crippen molar-refractivity contribution < 1.29 is 14.6 Å². The largest absolute Gasteiger partial charge is 0.444 e. The van der Waals surface area contributed by atoms with Gasteiger partial charge in [0.25, 0.3) is 0 Å². The molecule has 0 radical (unpaired) electrons. The molecule has 1 heterocycles. The maximum atomic E-state index is 12.1. The van der Waals surface area contributed by atoms with Gasteiger partial charge in [0.15, 0.2) is 0 Å². The number of amides is 1. The lowest BCUT2D eigenvalue weighted by Gasteiger charge is -2.26. The number of aliphatic hydroxyl groups is 1. The molecule has 21 heavy (non-hydrogen) atoms. The second-order valence-electron chi connectivity index (χ2n) is 7.31. The first-order valence-corrected chi connectivity index (χ1v) is 8.08. The molecule has 0 aromatic rings. The van der Waals surface area contributed by atoms with Crippen molar-refractivity contribution >= 4 is 6.09 Å². The summed E-state index contributed by atoms with van der Waals surface area (Å²) < 4.78 is 5.42. The fraction of sp³-hybridized carbons (Fsp3) is 0.938. The lowest BCUT2D eigenvalue weighted by atomic mass is 10.1. The van der Waals surface area contributed by atoms with Gasteiger partial charge in [-0.25, -0.2) is 4.79 Å². The Morgan fingerprint density at radius 3 is 2.57 bits per heavy atom. The van der Waals surface area contributed by atoms with Crippen molar-refractivity contribution in [2.45, 2.75) is 71.6 Å². The maximum absolute atomic E-state index is 12.1. The number of nitrogens with one attached hydrogen (secondary N) is 1. The van der Waals surface area contributed by atoms with Crippen LogP contribution in [0.3, 0.4) is 0 Å². The number of ether oxygens (including phenoxy) is 1. The van der Waals surface area contributed by atoms with Crippen LogP contribution in [0.25, 0.3) is 0 Å². The monoisotopic (exact) mass is 300 g/mol. The number of likely N-dealkylation sites (tertiary alicyclic amines) is 1. The summed E-state index contributed by atoms with van der Waals surface area (Å²) in [6.07, 6.45) is 2.38. The topological polar surface area (TPSA) is 61.8 Å². The first-order chi connectivity index (χ1) is 9.69. The van der Waals surface area contributed by atoms with E-state index in [0.29, 0.717) is 19.1 Å². The molecule has 5 heteroatoms. The molecule has 5 nitrogen and oxygen atoms in total. The Labute approximate surface area is 129 Å². The van der Waals surface area contributed by atoms with Gasteiger partial charge in [0, 0.05) is 25.7 Å². The molecule has 2 atom stereocenters. The average Bonchev–Trinajstić information content (AvgIpc) is 2.59. The van der Waals surface area contributed by atoms with E-state index in [0.717, 1.165) is 25.8 Å². The van der Waals surface area contributed by atoms with Gasteiger partial charge in [-0.2, -0.15) is 0 Å². The third-order valence-electron chi connectivity index (χ3n) is 3.77. The van der Waals surface area contributed by atoms with E-state index in [1.807, 2.05) is 34.6 Å². The van der Waals surface area contributed by atoms with Gasteiger partial charge in [0.2, 0.25) is 0 Å². The highest BCUT2D eigenvalue weighted by atomic mass is 16.6. The summed E-state index contributed by atoms with van der Waals surface area (Å²) in [6, 6.07) is 0.367. The zero-order valence-corrected chi connectivity index (χ0v) is 14.2. The van der Waals surface area contributed by atoms with Gasteiger partial charge in [-0.1, -0.05) is 13.8 Å². The number of hydrogen-bond acceptors (Lipinski definition) is 4. The number of nitrogens with zero attached hydrogens (tertiary/aromatic N) is 1. The predicted molar refractivity (Wildman–Crippen MR) is 84.3 cm³/mol. The molecule has 0 saturated carbocycles. The number of carbonyl (C=O) groups excluding carboxylic acids is 1. The second-order valence-corrected chi connectivity index (χ2v) is 7.31. The summed E-state index contributed by atoms with van der Waals surface area (Å²) in [5.74, 6) is 0.265. The van der Waals surface area contributed by atoms with Crippen molar-refractivity contribution in [3.05, 3.63) is 0 Å². The second kappa shape index (κ2) is 7.99. The molecular weight excluding hydrogens is 268 g/mol. The number of carbonyl (C=O) groups is 1. The zero-order valence-electron chi connectivity index (χ0n) is 14.2. The van der Waals surface area contributed by atoms with Crippen LogP contribution < -0.4 is 5.32 Å². The molecule has 1 fully saturated rings. The molecule has 2 N–H and O–H groups in total. The third kappa shape index (κ3) is 7.14. The molecule has 0 aromatic heterocycles. The molecular formula is C16H32N2O3. The average molecular weight is 300 g/mol. The maximum Gasteiger partial charge on any atom is 0.410 e. The fourth-order valence-electron chi connectivity index (χ4n) is 2.33. The Kier molecular flexibility index (Phi) is 6.94. The van der Waals surface area contributed by atoms with Crippen molar-refractivity contribution in [2.24, 2.45) is 5.92 Å². The molecule has 1 amide bonds. The smallest absolute Gasteiger partial charge is 0.410 e. The van der Waals surface area contributed by atoms with Crippen molar-refractivity contribution in [1.82, 2.24) is 10.2 Å². The molecule has 1 saturated heterocycles. The lowest BCUT2D eigenvalue weighted by Crippen LogP contribution is -2.39. The summed E-state index contributed by atoms with van der Waals surface area (Å²) >= 11 is 0. The standard InChI is InChI=1S/C16H32N2O3/c1-12(2)14(19)11-17-13-7-6-9-18(10-8-13)15(20)21-16(3,4)5/h12-14,17,19H,6-11H2,1-5H3. The number of rotatable bonds is 4. The highest BCUT2D eigenvalue weighted by molar-refractivity contribution is 5.68. The SMILES string of the molecule is CC(C)C(O)CNC1CCCN(C(=O)OC(C)(C)C)CC1. The number of aliphatic hydroxyl groups excluding tert-OH is 1. The van der Waals surface area contributed by atoms with Crippen molar-refractivity contribution in [3.63, 3.8) is 0 Å². The third-order valence-corrected chi connectivity index (χ3v) is 3.77. The number of hydrogen-bond donors (Lipinski definition) is 2. The van der Waals surface area contributed by atoms with E-state index in [9.17, 15) is 9.90 Å². The molecule has 0 bridgehead atoms. The van der Waals surface area contributed by atoms with E-state index in [1.54, 1.807) is 4.90 Å². The summed E-state index contributed by atoms with van der Waals surface area (Å²) in [5.41, 5.74) is -0.442. The molecule has 124 valence electrons. The van der Waals surface area contributed by atoms with Crippen molar-refractivity contribution in [1.29, 1.82) is 0 Å². The van der Waals surface area contributed by atoms with Crippen molar-refractivity contribution in [3.8, 4) is 0 Å². The highest BCUT2D eigenvalue weighted by Gasteiger charge is 2.25. The fourth-order valence-corrected chi connectivity index (χ4v) is 2.33. The Hall–Kier alpha value is -0.810. The van der Waals surface area contributed by atoms with E-state index in [-0.39, 0.29) is 18.1 Å². The van der Waals surface area contributed by atoms with Crippen LogP contribution in [0.5, 0.6) is 0 Å². The summed E-state index contributed by atoms with van der Waals surface area (Å²) in [5, 5.41) is 13.3. The van der Waals surface area contributed by atoms with Gasteiger partial charge in [0.1, 0.15) is 5.60 Å². The summed E-state index contributed by atoms with van der Waals surface area (Å²) in [7, 11) is 0. The van der Waals surface area contributed by atoms with Crippen LogP contribution in [0.2, 0.25) is 0 Å². The Morgan fingerprint density at radius 2 is 2.00 bits per heavy atom. The van der Waals surface area contributed by atoms with Gasteiger partial charge >= 0.3 is 6.09 Å². The van der Waals surface area contributed by atoms with Crippen LogP contribution in [0.15, 0.2) is 0 Å². The van der Waals surface area contributed by atoms with Crippen LogP contribution in [0.1, 0.15) is 53.9 Å². The minimum absolute atomic E-state index is 0.217. The lowest BCUT2D eigenvalue weighted by molar-refractivity contribution is 0.0255. The van der Waals surface area contributed by atoms with Gasteiger partial charge < -0.3 is 20.1 Å². The van der Waals surface area contributed by atoms with Gasteiger partial charge in [0.05, 0.1) is 6.10 Å². The van der Waals surface area contributed by atoms with Crippen LogP contribution in [-0.4, -0.2) is 53.5 Å².